The van der Waals surface area contributed by atoms with Gasteiger partial charge in [0.2, 0.25) is 5.79 Å². The molecule has 0 aromatic carbocycles. The van der Waals surface area contributed by atoms with Gasteiger partial charge in [0.15, 0.2) is 0 Å². The van der Waals surface area contributed by atoms with Crippen molar-refractivity contribution in [2.75, 3.05) is 19.7 Å². The SMILES string of the molecule is CCOC1(O)CN(C(=O)O)C1. The van der Waals surface area contributed by atoms with E-state index in [-0.39, 0.29) is 13.1 Å². The van der Waals surface area contributed by atoms with Crippen molar-refractivity contribution in [1.82, 2.24) is 4.90 Å². The Labute approximate surface area is 64.2 Å². The number of hydrogen-bond acceptors (Lipinski definition) is 3. The van der Waals surface area contributed by atoms with Crippen molar-refractivity contribution < 1.29 is 19.7 Å². The first-order valence-electron chi connectivity index (χ1n) is 3.41. The maximum absolute atomic E-state index is 10.2. The van der Waals surface area contributed by atoms with Gasteiger partial charge in [-0.15, -0.1) is 0 Å². The van der Waals surface area contributed by atoms with Gasteiger partial charge in [0.05, 0.1) is 13.1 Å². The minimum absolute atomic E-state index is 0.0518. The van der Waals surface area contributed by atoms with Crippen molar-refractivity contribution in [2.24, 2.45) is 0 Å². The van der Waals surface area contributed by atoms with Gasteiger partial charge in [0.1, 0.15) is 0 Å². The van der Waals surface area contributed by atoms with E-state index in [4.69, 9.17) is 9.84 Å². The maximum Gasteiger partial charge on any atom is 0.407 e. The first-order valence-corrected chi connectivity index (χ1v) is 3.41. The van der Waals surface area contributed by atoms with Crippen LogP contribution in [0.2, 0.25) is 0 Å². The molecule has 1 rings (SSSR count). The number of ether oxygens (including phenoxy) is 1. The third kappa shape index (κ3) is 1.61. The summed E-state index contributed by atoms with van der Waals surface area (Å²) in [6, 6.07) is 0. The Bertz CT molecular complexity index is 164. The maximum atomic E-state index is 10.2. The monoisotopic (exact) mass is 161 g/mol. The first kappa shape index (κ1) is 8.29. The summed E-state index contributed by atoms with van der Waals surface area (Å²) in [7, 11) is 0. The molecule has 11 heavy (non-hydrogen) atoms. The van der Waals surface area contributed by atoms with E-state index in [9.17, 15) is 9.90 Å². The van der Waals surface area contributed by atoms with Crippen molar-refractivity contribution in [1.29, 1.82) is 0 Å². The number of hydrogen-bond donors (Lipinski definition) is 2. The van der Waals surface area contributed by atoms with Gasteiger partial charge in [-0.1, -0.05) is 0 Å². The zero-order valence-corrected chi connectivity index (χ0v) is 6.28. The van der Waals surface area contributed by atoms with Gasteiger partial charge in [0, 0.05) is 6.61 Å². The highest BCUT2D eigenvalue weighted by Crippen LogP contribution is 2.21. The van der Waals surface area contributed by atoms with Crippen molar-refractivity contribution in [3.8, 4) is 0 Å². The van der Waals surface area contributed by atoms with Crippen LogP contribution >= 0.6 is 0 Å². The van der Waals surface area contributed by atoms with Crippen molar-refractivity contribution >= 4 is 6.09 Å². The lowest BCUT2D eigenvalue weighted by Gasteiger charge is -2.43. The highest BCUT2D eigenvalue weighted by atomic mass is 16.6. The van der Waals surface area contributed by atoms with Crippen LogP contribution in [0.1, 0.15) is 6.92 Å². The Balaban J connectivity index is 2.31. The number of β-amino-alcohol motifs (C(OH)–C–C–N with tert-alkyl or cyclic N) is 1. The van der Waals surface area contributed by atoms with Gasteiger partial charge in [-0.25, -0.2) is 4.79 Å². The second kappa shape index (κ2) is 2.67. The summed E-state index contributed by atoms with van der Waals surface area (Å²) in [4.78, 5) is 11.3. The fraction of sp³-hybridized carbons (Fsp3) is 0.833. The van der Waals surface area contributed by atoms with E-state index in [0.29, 0.717) is 6.61 Å². The molecule has 0 atom stereocenters. The van der Waals surface area contributed by atoms with Crippen LogP contribution in [0, 0.1) is 0 Å². The third-order valence-corrected chi connectivity index (χ3v) is 1.56. The lowest BCUT2D eigenvalue weighted by Crippen LogP contribution is -2.64. The van der Waals surface area contributed by atoms with Gasteiger partial charge >= 0.3 is 6.09 Å². The summed E-state index contributed by atoms with van der Waals surface area (Å²) in [5, 5.41) is 17.7. The molecule has 5 heteroatoms. The van der Waals surface area contributed by atoms with E-state index >= 15 is 0 Å². The minimum Gasteiger partial charge on any atom is -0.465 e. The molecule has 0 saturated carbocycles. The van der Waals surface area contributed by atoms with E-state index in [1.807, 2.05) is 0 Å². The number of carboxylic acid groups (broad SMARTS) is 1. The highest BCUT2D eigenvalue weighted by molar-refractivity contribution is 5.66. The molecular formula is C6H11NO4. The van der Waals surface area contributed by atoms with Crippen LogP contribution in [0.5, 0.6) is 0 Å². The third-order valence-electron chi connectivity index (χ3n) is 1.56. The van der Waals surface area contributed by atoms with E-state index < -0.39 is 11.9 Å². The molecule has 0 bridgehead atoms. The molecular weight excluding hydrogens is 150 g/mol. The predicted molar refractivity (Wildman–Crippen MR) is 36.2 cm³/mol. The largest absolute Gasteiger partial charge is 0.465 e. The number of amides is 1. The Hall–Kier alpha value is -0.810. The normalized spacial score (nSPS) is 21.1. The highest BCUT2D eigenvalue weighted by Gasteiger charge is 2.44. The smallest absolute Gasteiger partial charge is 0.407 e. The van der Waals surface area contributed by atoms with Gasteiger partial charge in [-0.3, -0.25) is 4.90 Å². The first-order chi connectivity index (χ1) is 5.07. The summed E-state index contributed by atoms with van der Waals surface area (Å²) >= 11 is 0. The van der Waals surface area contributed by atoms with Gasteiger partial charge in [-0.2, -0.15) is 0 Å². The lowest BCUT2D eigenvalue weighted by atomic mass is 10.1. The number of likely N-dealkylation sites (tertiary alicyclic amines) is 1. The van der Waals surface area contributed by atoms with Gasteiger partial charge < -0.3 is 14.9 Å². The summed E-state index contributed by atoms with van der Waals surface area (Å²) in [5.41, 5.74) is 0. The molecule has 2 N–H and O–H groups in total. The Morgan fingerprint density at radius 3 is 2.64 bits per heavy atom. The van der Waals surface area contributed by atoms with Crippen LogP contribution in [0.4, 0.5) is 4.79 Å². The number of carbonyl (C=O) groups is 1. The van der Waals surface area contributed by atoms with E-state index in [1.165, 1.54) is 0 Å². The zero-order valence-electron chi connectivity index (χ0n) is 6.28. The second-order valence-corrected chi connectivity index (χ2v) is 2.52. The minimum atomic E-state index is -1.23. The zero-order chi connectivity index (χ0) is 8.48. The summed E-state index contributed by atoms with van der Waals surface area (Å²) in [5.74, 6) is -1.23. The van der Waals surface area contributed by atoms with Crippen molar-refractivity contribution in [3.63, 3.8) is 0 Å². The summed E-state index contributed by atoms with van der Waals surface area (Å²) in [6.45, 7) is 2.25. The van der Waals surface area contributed by atoms with Gasteiger partial charge in [0.25, 0.3) is 0 Å². The van der Waals surface area contributed by atoms with Crippen LogP contribution in [0.3, 0.4) is 0 Å². The molecule has 1 aliphatic heterocycles. The number of nitrogens with zero attached hydrogens (tertiary/aromatic N) is 1. The molecule has 0 unspecified atom stereocenters. The fourth-order valence-corrected chi connectivity index (χ4v) is 1.05. The summed E-state index contributed by atoms with van der Waals surface area (Å²) in [6.07, 6.45) is -1.02. The lowest BCUT2D eigenvalue weighted by molar-refractivity contribution is -0.261. The van der Waals surface area contributed by atoms with Crippen LogP contribution < -0.4 is 0 Å². The Kier molecular flexibility index (Phi) is 2.01. The van der Waals surface area contributed by atoms with E-state index in [0.717, 1.165) is 4.90 Å². The second-order valence-electron chi connectivity index (χ2n) is 2.52. The van der Waals surface area contributed by atoms with Crippen LogP contribution in [0.15, 0.2) is 0 Å². The molecule has 1 heterocycles. The quantitative estimate of drug-likeness (QED) is 0.546. The Morgan fingerprint density at radius 1 is 1.73 bits per heavy atom. The van der Waals surface area contributed by atoms with E-state index in [1.54, 1.807) is 6.92 Å². The summed E-state index contributed by atoms with van der Waals surface area (Å²) < 4.78 is 4.90. The molecule has 1 saturated heterocycles. The predicted octanol–water partition coefficient (Wildman–Crippen LogP) is -0.295. The van der Waals surface area contributed by atoms with E-state index in [2.05, 4.69) is 0 Å². The van der Waals surface area contributed by atoms with Crippen LogP contribution in [0.25, 0.3) is 0 Å². The average molecular weight is 161 g/mol. The molecule has 64 valence electrons. The van der Waals surface area contributed by atoms with Crippen LogP contribution in [-0.4, -0.2) is 46.7 Å². The molecule has 0 aromatic rings. The molecule has 0 radical (unpaired) electrons. The molecule has 1 amide bonds. The van der Waals surface area contributed by atoms with Crippen molar-refractivity contribution in [2.45, 2.75) is 12.7 Å². The average Bonchev–Trinajstić information content (AvgIpc) is 1.82. The van der Waals surface area contributed by atoms with Crippen LogP contribution in [-0.2, 0) is 4.74 Å². The molecule has 1 fully saturated rings. The fourth-order valence-electron chi connectivity index (χ4n) is 1.05. The number of rotatable bonds is 2. The molecule has 0 aliphatic carbocycles. The molecule has 1 aliphatic rings. The van der Waals surface area contributed by atoms with Crippen molar-refractivity contribution in [3.05, 3.63) is 0 Å². The molecule has 5 nitrogen and oxygen atoms in total. The number of aliphatic hydroxyl groups is 1. The Morgan fingerprint density at radius 2 is 2.27 bits per heavy atom. The standard InChI is InChI=1S/C6H11NO4/c1-2-11-6(10)3-7(4-6)5(8)9/h10H,2-4H2,1H3,(H,8,9). The molecule has 0 spiro atoms. The van der Waals surface area contributed by atoms with Gasteiger partial charge in [-0.05, 0) is 6.92 Å². The molecule has 0 aromatic heterocycles. The topological polar surface area (TPSA) is 70.0 Å².